The maximum absolute atomic E-state index is 12.1. The minimum absolute atomic E-state index is 0.330. The van der Waals surface area contributed by atoms with Crippen LogP contribution in [0, 0.1) is 0 Å². The number of hydrogen-bond donors (Lipinski definition) is 2. The zero-order valence-electron chi connectivity index (χ0n) is 18.2. The van der Waals surface area contributed by atoms with Crippen molar-refractivity contribution >= 4 is 36.2 Å². The SMILES string of the molecule is COC(=O)C1=C[C@H](NC=O)[C@@H](NC(C)=O)[C@H]([C@H](OC(C)=O)[C@@H](COC(C)=O)OC(C)=O)O1. The van der Waals surface area contributed by atoms with Crippen molar-refractivity contribution < 1.29 is 52.5 Å². The van der Waals surface area contributed by atoms with Crippen molar-refractivity contribution in [2.24, 2.45) is 0 Å². The van der Waals surface area contributed by atoms with E-state index in [1.807, 2.05) is 0 Å². The van der Waals surface area contributed by atoms with E-state index in [4.69, 9.17) is 18.9 Å². The second-order valence-corrected chi connectivity index (χ2v) is 6.67. The molecule has 0 saturated carbocycles. The molecule has 1 aliphatic heterocycles. The monoisotopic (exact) mass is 458 g/mol. The van der Waals surface area contributed by atoms with E-state index in [-0.39, 0.29) is 5.76 Å². The van der Waals surface area contributed by atoms with Crippen LogP contribution in [0.1, 0.15) is 27.7 Å². The van der Waals surface area contributed by atoms with Crippen LogP contribution in [0.5, 0.6) is 0 Å². The van der Waals surface area contributed by atoms with E-state index in [9.17, 15) is 28.8 Å². The molecule has 1 heterocycles. The van der Waals surface area contributed by atoms with Gasteiger partial charge in [-0.3, -0.25) is 24.0 Å². The normalized spacial score (nSPS) is 21.4. The molecule has 1 aliphatic rings. The van der Waals surface area contributed by atoms with Crippen molar-refractivity contribution in [1.82, 2.24) is 10.6 Å². The first kappa shape index (κ1) is 26.4. The summed E-state index contributed by atoms with van der Waals surface area (Å²) in [6.07, 6.45) is -2.70. The van der Waals surface area contributed by atoms with Crippen LogP contribution in [-0.4, -0.2) is 80.3 Å². The topological polar surface area (TPSA) is 173 Å². The Morgan fingerprint density at radius 2 is 1.69 bits per heavy atom. The highest BCUT2D eigenvalue weighted by Crippen LogP contribution is 2.26. The molecule has 0 unspecified atom stereocenters. The first-order chi connectivity index (χ1) is 15.0. The standard InChI is InChI=1S/C19H26N2O11/c1-9(23)21-16-13(20-8-22)6-14(19(27)28-5)32-18(16)17(31-12(4)26)15(30-11(3)25)7-29-10(2)24/h6,8,13,15-18H,7H2,1-5H3,(H,20,22)(H,21,23)/t13-,15+,16+,17+,18+/m0/s1. The molecular weight excluding hydrogens is 432 g/mol. The number of rotatable bonds is 10. The predicted octanol–water partition coefficient (Wildman–Crippen LogP) is -1.51. The quantitative estimate of drug-likeness (QED) is 0.221. The van der Waals surface area contributed by atoms with Gasteiger partial charge in [-0.05, 0) is 6.08 Å². The zero-order chi connectivity index (χ0) is 24.4. The van der Waals surface area contributed by atoms with E-state index < -0.39 is 66.8 Å². The highest BCUT2D eigenvalue weighted by molar-refractivity contribution is 5.86. The highest BCUT2D eigenvalue weighted by Gasteiger charge is 2.47. The summed E-state index contributed by atoms with van der Waals surface area (Å²) < 4.78 is 25.7. The third-order valence-corrected chi connectivity index (χ3v) is 4.11. The average Bonchev–Trinajstić information content (AvgIpc) is 2.69. The molecule has 32 heavy (non-hydrogen) atoms. The molecule has 0 saturated heterocycles. The molecule has 0 spiro atoms. The van der Waals surface area contributed by atoms with E-state index in [2.05, 4.69) is 15.4 Å². The maximum Gasteiger partial charge on any atom is 0.373 e. The molecule has 2 amide bonds. The fraction of sp³-hybridized carbons (Fsp3) is 0.579. The van der Waals surface area contributed by atoms with Crippen LogP contribution in [-0.2, 0) is 52.5 Å². The van der Waals surface area contributed by atoms with Crippen LogP contribution in [0.2, 0.25) is 0 Å². The molecule has 5 atom stereocenters. The van der Waals surface area contributed by atoms with Crippen LogP contribution in [0.15, 0.2) is 11.8 Å². The van der Waals surface area contributed by atoms with Gasteiger partial charge in [-0.15, -0.1) is 0 Å². The van der Waals surface area contributed by atoms with E-state index in [1.54, 1.807) is 0 Å². The molecule has 0 aromatic carbocycles. The minimum atomic E-state index is -1.48. The third-order valence-electron chi connectivity index (χ3n) is 4.11. The van der Waals surface area contributed by atoms with Crippen LogP contribution in [0.4, 0.5) is 0 Å². The molecule has 0 bridgehead atoms. The van der Waals surface area contributed by atoms with E-state index in [1.165, 1.54) is 13.0 Å². The molecule has 1 rings (SSSR count). The molecule has 2 N–H and O–H groups in total. The highest BCUT2D eigenvalue weighted by atomic mass is 16.6. The molecule has 0 fully saturated rings. The number of carbonyl (C=O) groups is 6. The molecule has 0 radical (unpaired) electrons. The molecule has 13 heteroatoms. The van der Waals surface area contributed by atoms with Crippen LogP contribution in [0.3, 0.4) is 0 Å². The summed E-state index contributed by atoms with van der Waals surface area (Å²) >= 11 is 0. The molecular formula is C19H26N2O11. The van der Waals surface area contributed by atoms with Gasteiger partial charge in [-0.1, -0.05) is 0 Å². The minimum Gasteiger partial charge on any atom is -0.477 e. The van der Waals surface area contributed by atoms with Gasteiger partial charge >= 0.3 is 23.9 Å². The first-order valence-corrected chi connectivity index (χ1v) is 9.41. The van der Waals surface area contributed by atoms with Gasteiger partial charge in [0.15, 0.2) is 18.3 Å². The summed E-state index contributed by atoms with van der Waals surface area (Å²) in [5.41, 5.74) is 0. The Bertz CT molecular complexity index is 779. The van der Waals surface area contributed by atoms with E-state index in [0.717, 1.165) is 27.9 Å². The Hall–Kier alpha value is -3.64. The van der Waals surface area contributed by atoms with Crippen LogP contribution in [0.25, 0.3) is 0 Å². The van der Waals surface area contributed by atoms with Crippen molar-refractivity contribution in [3.8, 4) is 0 Å². The predicted molar refractivity (Wildman–Crippen MR) is 103 cm³/mol. The summed E-state index contributed by atoms with van der Waals surface area (Å²) in [5, 5.41) is 4.97. The zero-order valence-corrected chi connectivity index (χ0v) is 18.2. The van der Waals surface area contributed by atoms with E-state index >= 15 is 0 Å². The van der Waals surface area contributed by atoms with Crippen LogP contribution >= 0.6 is 0 Å². The van der Waals surface area contributed by atoms with Crippen LogP contribution < -0.4 is 10.6 Å². The summed E-state index contributed by atoms with van der Waals surface area (Å²) in [6.45, 7) is 3.93. The summed E-state index contributed by atoms with van der Waals surface area (Å²) in [5.74, 6) is -4.14. The Kier molecular flexibility index (Phi) is 10.1. The second kappa shape index (κ2) is 12.3. The molecule has 13 nitrogen and oxygen atoms in total. The first-order valence-electron chi connectivity index (χ1n) is 9.41. The number of ether oxygens (including phenoxy) is 5. The summed E-state index contributed by atoms with van der Waals surface area (Å²) in [7, 11) is 1.09. The van der Waals surface area contributed by atoms with Crippen molar-refractivity contribution in [3.05, 3.63) is 11.8 Å². The molecule has 0 aliphatic carbocycles. The lowest BCUT2D eigenvalue weighted by molar-refractivity contribution is -0.188. The largest absolute Gasteiger partial charge is 0.477 e. The number of nitrogens with one attached hydrogen (secondary N) is 2. The Labute approximate surface area is 183 Å². The lowest BCUT2D eigenvalue weighted by Gasteiger charge is -2.41. The van der Waals surface area contributed by atoms with Gasteiger partial charge in [-0.2, -0.15) is 0 Å². The summed E-state index contributed by atoms with van der Waals surface area (Å²) in [6, 6.07) is -2.10. The van der Waals surface area contributed by atoms with Crippen molar-refractivity contribution in [3.63, 3.8) is 0 Å². The lowest BCUT2D eigenvalue weighted by Crippen LogP contribution is -2.64. The molecule has 0 aromatic rings. The fourth-order valence-electron chi connectivity index (χ4n) is 3.01. The smallest absolute Gasteiger partial charge is 0.373 e. The lowest BCUT2D eigenvalue weighted by atomic mass is 9.91. The van der Waals surface area contributed by atoms with Gasteiger partial charge in [-0.25, -0.2) is 4.79 Å². The molecule has 178 valence electrons. The third kappa shape index (κ3) is 7.89. The van der Waals surface area contributed by atoms with Gasteiger partial charge in [0.05, 0.1) is 19.2 Å². The van der Waals surface area contributed by atoms with Crippen molar-refractivity contribution in [1.29, 1.82) is 0 Å². The van der Waals surface area contributed by atoms with Gasteiger partial charge in [0.2, 0.25) is 18.1 Å². The van der Waals surface area contributed by atoms with Gasteiger partial charge in [0, 0.05) is 27.7 Å². The number of carbonyl (C=O) groups excluding carboxylic acids is 6. The van der Waals surface area contributed by atoms with E-state index in [0.29, 0.717) is 6.41 Å². The number of methoxy groups -OCH3 is 1. The van der Waals surface area contributed by atoms with Crippen molar-refractivity contribution in [2.75, 3.05) is 13.7 Å². The average molecular weight is 458 g/mol. The Morgan fingerprint density at radius 3 is 2.16 bits per heavy atom. The second-order valence-electron chi connectivity index (χ2n) is 6.67. The van der Waals surface area contributed by atoms with Crippen molar-refractivity contribution in [2.45, 2.75) is 58.1 Å². The number of hydrogen-bond acceptors (Lipinski definition) is 11. The Balaban J connectivity index is 3.54. The Morgan fingerprint density at radius 1 is 1.06 bits per heavy atom. The number of esters is 4. The fourth-order valence-corrected chi connectivity index (χ4v) is 3.01. The van der Waals surface area contributed by atoms with Gasteiger partial charge in [0.25, 0.3) is 0 Å². The summed E-state index contributed by atoms with van der Waals surface area (Å²) in [4.78, 5) is 69.9. The van der Waals surface area contributed by atoms with Gasteiger partial charge in [0.1, 0.15) is 6.61 Å². The maximum atomic E-state index is 12.1. The number of amides is 2. The van der Waals surface area contributed by atoms with Gasteiger partial charge < -0.3 is 34.3 Å². The molecule has 0 aromatic heterocycles.